The highest BCUT2D eigenvalue weighted by molar-refractivity contribution is 7.90. The highest BCUT2D eigenvalue weighted by Crippen LogP contribution is 2.42. The third-order valence-corrected chi connectivity index (χ3v) is 16.4. The van der Waals surface area contributed by atoms with Crippen LogP contribution in [0.1, 0.15) is 67.4 Å². The highest BCUT2D eigenvalue weighted by atomic mass is 32.2. The van der Waals surface area contributed by atoms with Crippen LogP contribution in [0.25, 0.3) is 21.8 Å². The summed E-state index contributed by atoms with van der Waals surface area (Å²) in [6.45, 7) is 4.52. The maximum Gasteiger partial charge on any atom is 0.338 e. The Hall–Kier alpha value is -8.61. The first kappa shape index (κ1) is 57.1. The summed E-state index contributed by atoms with van der Waals surface area (Å²) >= 11 is 0. The Morgan fingerprint density at radius 1 is 0.593 bits per heavy atom. The first-order valence-corrected chi connectivity index (χ1v) is 28.1. The molecule has 0 saturated heterocycles. The van der Waals surface area contributed by atoms with Crippen LogP contribution in [0.5, 0.6) is 34.5 Å². The topological polar surface area (TPSA) is 262 Å². The van der Waals surface area contributed by atoms with Gasteiger partial charge in [0, 0.05) is 60.4 Å². The van der Waals surface area contributed by atoms with Crippen molar-refractivity contribution >= 4 is 59.6 Å². The Kier molecular flexibility index (Phi) is 16.4. The number of esters is 1. The first-order valence-electron chi connectivity index (χ1n) is 25.1. The molecule has 424 valence electrons. The number of nitrogens with one attached hydrogen (secondary N) is 2. The summed E-state index contributed by atoms with van der Waals surface area (Å²) in [5.74, 6) is -2.00. The second-order valence-electron chi connectivity index (χ2n) is 19.6. The summed E-state index contributed by atoms with van der Waals surface area (Å²) in [6.07, 6.45) is 1.80. The molecule has 6 aromatic carbocycles. The molecule has 2 unspecified atom stereocenters. The SMILES string of the molecule is COc1cc(C)ccc1S(=O)(=O)NC(=O)C(c1ccc2c(c1)OCO2)c1cn(C)c2cc(C(=O)OCCN(C)C)ccc12.COc1cc(C)ccc1S(=O)(=O)NC(=O)C(c1ccc2c(c1)OCO2)c1cn(C)c2cc(C(O)O)ccc12. The Labute approximate surface area is 467 Å². The first-order chi connectivity index (χ1) is 38.6. The Bertz CT molecular complexity index is 3980. The Morgan fingerprint density at radius 3 is 1.49 bits per heavy atom. The Balaban J connectivity index is 0.000000197. The van der Waals surface area contributed by atoms with Gasteiger partial charge in [0.15, 0.2) is 29.3 Å². The van der Waals surface area contributed by atoms with E-state index in [1.165, 1.54) is 26.4 Å². The monoisotopic (exact) mass is 1150 g/mol. The van der Waals surface area contributed by atoms with Crippen molar-refractivity contribution in [2.75, 3.05) is 55.1 Å². The number of hydrogen-bond acceptors (Lipinski definition) is 17. The number of aryl methyl sites for hydroxylation is 4. The van der Waals surface area contributed by atoms with Crippen LogP contribution in [-0.2, 0) is 48.5 Å². The number of carbonyl (C=O) groups is 3. The third kappa shape index (κ3) is 12.0. The summed E-state index contributed by atoms with van der Waals surface area (Å²) in [5, 5.41) is 20.5. The molecule has 2 aliphatic heterocycles. The summed E-state index contributed by atoms with van der Waals surface area (Å²) in [4.78, 5) is 42.1. The zero-order chi connectivity index (χ0) is 58.1. The number of aliphatic hydroxyl groups is 2. The number of amides is 2. The van der Waals surface area contributed by atoms with Gasteiger partial charge in [-0.2, -0.15) is 0 Å². The fourth-order valence-electron chi connectivity index (χ4n) is 9.62. The second kappa shape index (κ2) is 23.2. The summed E-state index contributed by atoms with van der Waals surface area (Å²) < 4.78 is 99.6. The number of nitrogens with zero attached hydrogens (tertiary/aromatic N) is 3. The van der Waals surface area contributed by atoms with Crippen LogP contribution in [0.3, 0.4) is 0 Å². The molecular formula is C58H59N5O16S2. The van der Waals surface area contributed by atoms with Crippen molar-refractivity contribution in [2.24, 2.45) is 14.1 Å². The van der Waals surface area contributed by atoms with Crippen molar-refractivity contribution < 1.29 is 74.6 Å². The average Bonchev–Trinajstić information content (AvgIpc) is 4.18. The average molecular weight is 1150 g/mol. The molecule has 8 aromatic rings. The molecule has 2 atom stereocenters. The Morgan fingerprint density at radius 2 is 1.04 bits per heavy atom. The van der Waals surface area contributed by atoms with Crippen molar-refractivity contribution in [3.8, 4) is 34.5 Å². The number of sulfonamides is 2. The van der Waals surface area contributed by atoms with Gasteiger partial charge in [0.1, 0.15) is 27.9 Å². The quantitative estimate of drug-likeness (QED) is 0.0566. The number of rotatable bonds is 17. The number of aliphatic hydroxyl groups excluding tert-OH is 1. The lowest BCUT2D eigenvalue weighted by atomic mass is 9.90. The van der Waals surface area contributed by atoms with Gasteiger partial charge >= 0.3 is 5.97 Å². The van der Waals surface area contributed by atoms with Crippen molar-refractivity contribution in [2.45, 2.75) is 41.8 Å². The smallest absolute Gasteiger partial charge is 0.338 e. The van der Waals surface area contributed by atoms with Crippen LogP contribution < -0.4 is 37.9 Å². The van der Waals surface area contributed by atoms with Gasteiger partial charge in [-0.3, -0.25) is 9.59 Å². The van der Waals surface area contributed by atoms with Crippen LogP contribution >= 0.6 is 0 Å². The molecule has 0 aliphatic carbocycles. The van der Waals surface area contributed by atoms with Crippen LogP contribution in [0.15, 0.2) is 131 Å². The van der Waals surface area contributed by atoms with Crippen molar-refractivity contribution in [3.63, 3.8) is 0 Å². The summed E-state index contributed by atoms with van der Waals surface area (Å²) in [6, 6.07) is 29.1. The second-order valence-corrected chi connectivity index (χ2v) is 22.9. The van der Waals surface area contributed by atoms with Crippen LogP contribution in [0.4, 0.5) is 0 Å². The van der Waals surface area contributed by atoms with Gasteiger partial charge in [0.25, 0.3) is 20.0 Å². The van der Waals surface area contributed by atoms with E-state index in [0.717, 1.165) is 11.1 Å². The van der Waals surface area contributed by atoms with Crippen molar-refractivity contribution in [3.05, 3.63) is 166 Å². The molecule has 4 heterocycles. The zero-order valence-electron chi connectivity index (χ0n) is 45.4. The van der Waals surface area contributed by atoms with Gasteiger partial charge in [-0.25, -0.2) is 31.1 Å². The summed E-state index contributed by atoms with van der Waals surface area (Å²) in [7, 11) is 1.41. The molecule has 0 bridgehead atoms. The van der Waals surface area contributed by atoms with Gasteiger partial charge in [0.2, 0.25) is 25.4 Å². The number of carbonyl (C=O) groups excluding carboxylic acids is 3. The van der Waals surface area contributed by atoms with Gasteiger partial charge in [-0.1, -0.05) is 42.5 Å². The normalized spacial score (nSPS) is 13.4. The number of fused-ring (bicyclic) bond motifs is 4. The lowest BCUT2D eigenvalue weighted by Crippen LogP contribution is -2.35. The van der Waals surface area contributed by atoms with Crippen LogP contribution in [-0.4, -0.2) is 114 Å². The van der Waals surface area contributed by atoms with Crippen molar-refractivity contribution in [1.29, 1.82) is 0 Å². The molecule has 0 radical (unpaired) electrons. The van der Waals surface area contributed by atoms with E-state index in [2.05, 4.69) is 9.44 Å². The number of benzene rings is 6. The maximum atomic E-state index is 14.0. The van der Waals surface area contributed by atoms with Crippen LogP contribution in [0, 0.1) is 13.8 Å². The molecule has 2 aromatic heterocycles. The lowest BCUT2D eigenvalue weighted by Gasteiger charge is -2.19. The van der Waals surface area contributed by atoms with E-state index < -0.39 is 56.0 Å². The maximum absolute atomic E-state index is 14.0. The minimum absolute atomic E-state index is 0.0395. The number of ether oxygens (including phenoxy) is 7. The molecule has 21 nitrogen and oxygen atoms in total. The number of hydrogen-bond donors (Lipinski definition) is 4. The minimum Gasteiger partial charge on any atom is -0.495 e. The predicted molar refractivity (Wildman–Crippen MR) is 297 cm³/mol. The molecule has 2 amide bonds. The van der Waals surface area contributed by atoms with Gasteiger partial charge in [-0.05, 0) is 128 Å². The van der Waals surface area contributed by atoms with Crippen LogP contribution in [0.2, 0.25) is 0 Å². The van der Waals surface area contributed by atoms with E-state index in [-0.39, 0.29) is 47.0 Å². The van der Waals surface area contributed by atoms with Gasteiger partial charge in [-0.15, -0.1) is 0 Å². The largest absolute Gasteiger partial charge is 0.495 e. The molecule has 0 fully saturated rings. The van der Waals surface area contributed by atoms with Crippen molar-refractivity contribution in [1.82, 2.24) is 23.5 Å². The van der Waals surface area contributed by atoms with E-state index in [9.17, 15) is 41.4 Å². The number of aromatic nitrogens is 2. The lowest BCUT2D eigenvalue weighted by molar-refractivity contribution is -0.120. The van der Waals surface area contributed by atoms with E-state index in [0.29, 0.717) is 79.2 Å². The standard InChI is InChI=1S/C31H33N3O8S.C27H26N2O8S/c1-19-6-11-28(27(14-19)39-5)43(37,38)32-30(35)29(20-8-10-25-26(16-20)42-18-41-25)23-17-34(4)24-15-21(7-9-22(23)24)31(36)40-13-12-33(2)3;1-15-4-9-24(23(10-15)35-3)38(33,34)28-26(30)25(16-6-8-21-22(12-16)37-14-36-21)19-13-29(2)20-11-17(27(31)32)5-7-18(19)20/h6-11,14-17,29H,12-13,18H2,1-5H3,(H,32,35);4-13,25,27,31-32H,14H2,1-3H3,(H,28,30). The zero-order valence-corrected chi connectivity index (χ0v) is 47.0. The molecule has 0 saturated carbocycles. The number of methoxy groups -OCH3 is 2. The molecule has 4 N–H and O–H groups in total. The molecule has 81 heavy (non-hydrogen) atoms. The van der Waals surface area contributed by atoms with E-state index in [1.54, 1.807) is 140 Å². The fraction of sp³-hybridized carbons (Fsp3) is 0.259. The van der Waals surface area contributed by atoms with Gasteiger partial charge < -0.3 is 57.4 Å². The van der Waals surface area contributed by atoms with E-state index in [1.807, 2.05) is 25.9 Å². The molecule has 23 heteroatoms. The third-order valence-electron chi connectivity index (χ3n) is 13.7. The number of likely N-dealkylation sites (N-methyl/N-ethyl adjacent to an activating group) is 1. The predicted octanol–water partition coefficient (Wildman–Crippen LogP) is 6.42. The van der Waals surface area contributed by atoms with E-state index >= 15 is 0 Å². The molecule has 10 rings (SSSR count). The molecule has 2 aliphatic rings. The highest BCUT2D eigenvalue weighted by Gasteiger charge is 2.35. The molecular weight excluding hydrogens is 1090 g/mol. The van der Waals surface area contributed by atoms with Gasteiger partial charge in [0.05, 0.1) is 31.6 Å². The molecule has 0 spiro atoms. The minimum atomic E-state index is -4.32. The fourth-order valence-corrected chi connectivity index (χ4v) is 11.9. The summed E-state index contributed by atoms with van der Waals surface area (Å²) in [5.41, 5.74) is 5.57. The van der Waals surface area contributed by atoms with E-state index in [4.69, 9.17) is 33.2 Å².